The summed E-state index contributed by atoms with van der Waals surface area (Å²) in [6.07, 6.45) is -0.762. The molecule has 1 amide bonds. The zero-order valence-electron chi connectivity index (χ0n) is 16.3. The van der Waals surface area contributed by atoms with Crippen LogP contribution in [-0.4, -0.2) is 23.8 Å². The second-order valence-corrected chi connectivity index (χ2v) is 8.22. The highest BCUT2D eigenvalue weighted by molar-refractivity contribution is 9.10. The van der Waals surface area contributed by atoms with Gasteiger partial charge in [-0.3, -0.25) is 0 Å². The number of fused-ring (bicyclic) bond motifs is 3. The number of aryl methyl sites for hydroxylation is 1. The van der Waals surface area contributed by atoms with E-state index in [1.807, 2.05) is 49.4 Å². The van der Waals surface area contributed by atoms with Gasteiger partial charge in [-0.2, -0.15) is 0 Å². The van der Waals surface area contributed by atoms with Gasteiger partial charge in [0.2, 0.25) is 0 Å². The Morgan fingerprint density at radius 1 is 1.03 bits per heavy atom. The lowest BCUT2D eigenvalue weighted by molar-refractivity contribution is -0.139. The van der Waals surface area contributed by atoms with E-state index in [1.165, 1.54) is 0 Å². The fraction of sp³-hybridized carbons (Fsp3) is 0.167. The highest BCUT2D eigenvalue weighted by atomic mass is 79.9. The van der Waals surface area contributed by atoms with Crippen LogP contribution in [0, 0.1) is 6.92 Å². The van der Waals surface area contributed by atoms with Gasteiger partial charge in [-0.25, -0.2) is 9.59 Å². The maximum absolute atomic E-state index is 12.5. The number of amides is 1. The Hall–Kier alpha value is -3.12. The monoisotopic (exact) mass is 465 g/mol. The summed E-state index contributed by atoms with van der Waals surface area (Å²) in [5.41, 5.74) is 5.83. The molecule has 1 aliphatic carbocycles. The van der Waals surface area contributed by atoms with Crippen molar-refractivity contribution < 1.29 is 19.4 Å². The third-order valence-corrected chi connectivity index (χ3v) is 5.71. The average Bonchev–Trinajstić information content (AvgIpc) is 3.03. The zero-order chi connectivity index (χ0) is 21.3. The Morgan fingerprint density at radius 3 is 2.20 bits per heavy atom. The van der Waals surface area contributed by atoms with Gasteiger partial charge < -0.3 is 15.2 Å². The second kappa shape index (κ2) is 8.32. The fourth-order valence-corrected chi connectivity index (χ4v) is 4.60. The molecular weight excluding hydrogens is 446 g/mol. The first-order valence-corrected chi connectivity index (χ1v) is 10.3. The number of hydrogen-bond acceptors (Lipinski definition) is 3. The van der Waals surface area contributed by atoms with Crippen LogP contribution < -0.4 is 5.32 Å². The first-order chi connectivity index (χ1) is 14.4. The van der Waals surface area contributed by atoms with E-state index in [1.54, 1.807) is 12.1 Å². The zero-order valence-corrected chi connectivity index (χ0v) is 17.8. The molecule has 1 unspecified atom stereocenters. The molecular formula is C24H20BrNO4. The van der Waals surface area contributed by atoms with E-state index >= 15 is 0 Å². The van der Waals surface area contributed by atoms with Crippen molar-refractivity contribution in [3.63, 3.8) is 0 Å². The van der Waals surface area contributed by atoms with Gasteiger partial charge in [0.15, 0.2) is 6.04 Å². The summed E-state index contributed by atoms with van der Waals surface area (Å²) in [4.78, 5) is 24.2. The molecule has 3 aromatic rings. The highest BCUT2D eigenvalue weighted by Crippen LogP contribution is 2.44. The first kappa shape index (κ1) is 20.2. The molecule has 1 aliphatic rings. The molecule has 4 rings (SSSR count). The molecule has 0 aromatic heterocycles. The van der Waals surface area contributed by atoms with Crippen molar-refractivity contribution in [1.29, 1.82) is 0 Å². The molecule has 0 bridgehead atoms. The molecule has 5 nitrogen and oxygen atoms in total. The lowest BCUT2D eigenvalue weighted by Gasteiger charge is -2.18. The van der Waals surface area contributed by atoms with Gasteiger partial charge >= 0.3 is 12.1 Å². The van der Waals surface area contributed by atoms with Crippen molar-refractivity contribution in [3.8, 4) is 11.1 Å². The number of carbonyl (C=O) groups excluding carboxylic acids is 1. The van der Waals surface area contributed by atoms with Crippen molar-refractivity contribution >= 4 is 28.0 Å². The molecule has 0 saturated heterocycles. The third-order valence-electron chi connectivity index (χ3n) is 5.25. The van der Waals surface area contributed by atoms with E-state index in [0.717, 1.165) is 32.3 Å². The summed E-state index contributed by atoms with van der Waals surface area (Å²) in [6.45, 7) is 1.99. The smallest absolute Gasteiger partial charge is 0.408 e. The molecule has 3 aromatic carbocycles. The van der Waals surface area contributed by atoms with E-state index < -0.39 is 18.1 Å². The number of hydrogen-bond donors (Lipinski definition) is 2. The summed E-state index contributed by atoms with van der Waals surface area (Å²) in [5.74, 6) is -1.24. The minimum Gasteiger partial charge on any atom is -0.479 e. The van der Waals surface area contributed by atoms with Crippen LogP contribution in [0.1, 0.15) is 34.2 Å². The number of ether oxygens (including phenoxy) is 1. The molecule has 0 radical (unpaired) electrons. The molecule has 1 atom stereocenters. The maximum Gasteiger partial charge on any atom is 0.408 e. The SMILES string of the molecule is Cc1cc(Br)cc(C(NC(=O)OCC2c3ccccc3-c3ccccc32)C(=O)O)c1. The van der Waals surface area contributed by atoms with E-state index in [4.69, 9.17) is 4.74 Å². The quantitative estimate of drug-likeness (QED) is 0.527. The van der Waals surface area contributed by atoms with Gasteiger partial charge in [0.05, 0.1) is 0 Å². The maximum atomic E-state index is 12.5. The predicted octanol–water partition coefficient (Wildman–Crippen LogP) is 5.42. The van der Waals surface area contributed by atoms with Crippen LogP contribution in [-0.2, 0) is 9.53 Å². The average molecular weight is 466 g/mol. The van der Waals surface area contributed by atoms with Gasteiger partial charge in [-0.1, -0.05) is 70.5 Å². The lowest BCUT2D eigenvalue weighted by atomic mass is 9.98. The fourth-order valence-electron chi connectivity index (χ4n) is 3.98. The summed E-state index contributed by atoms with van der Waals surface area (Å²) in [7, 11) is 0. The summed E-state index contributed by atoms with van der Waals surface area (Å²) >= 11 is 3.37. The molecule has 30 heavy (non-hydrogen) atoms. The van der Waals surface area contributed by atoms with Gasteiger partial charge in [0.25, 0.3) is 0 Å². The minimum atomic E-state index is -1.20. The Morgan fingerprint density at radius 2 is 1.63 bits per heavy atom. The Labute approximate surface area is 182 Å². The largest absolute Gasteiger partial charge is 0.479 e. The minimum absolute atomic E-state index is 0.0838. The third kappa shape index (κ3) is 3.96. The normalized spacial score (nSPS) is 13.3. The van der Waals surface area contributed by atoms with Crippen LogP contribution >= 0.6 is 15.9 Å². The number of carboxylic acids is 1. The standard InChI is InChI=1S/C24H20BrNO4/c1-14-10-15(12-16(25)11-14)22(23(27)28)26-24(29)30-13-21-19-8-4-2-6-17(19)18-7-3-5-9-20(18)21/h2-12,21-22H,13H2,1H3,(H,26,29)(H,27,28). The van der Waals surface area contributed by atoms with Gasteiger partial charge in [0, 0.05) is 10.4 Å². The number of alkyl carbamates (subject to hydrolysis) is 1. The van der Waals surface area contributed by atoms with Crippen LogP contribution in [0.5, 0.6) is 0 Å². The van der Waals surface area contributed by atoms with Gasteiger partial charge in [-0.15, -0.1) is 0 Å². The molecule has 152 valence electrons. The van der Waals surface area contributed by atoms with E-state index in [0.29, 0.717) is 5.56 Å². The first-order valence-electron chi connectivity index (χ1n) is 9.55. The number of carboxylic acid groups (broad SMARTS) is 1. The number of aliphatic carboxylic acids is 1. The molecule has 2 N–H and O–H groups in total. The molecule has 0 heterocycles. The van der Waals surface area contributed by atoms with E-state index in [-0.39, 0.29) is 12.5 Å². The number of benzene rings is 3. The van der Waals surface area contributed by atoms with E-state index in [2.05, 4.69) is 33.4 Å². The van der Waals surface area contributed by atoms with Gasteiger partial charge in [0.1, 0.15) is 6.61 Å². The Balaban J connectivity index is 1.50. The Kier molecular flexibility index (Phi) is 5.59. The number of carbonyl (C=O) groups is 2. The van der Waals surface area contributed by atoms with Crippen molar-refractivity contribution in [3.05, 3.63) is 93.5 Å². The topological polar surface area (TPSA) is 75.6 Å². The van der Waals surface area contributed by atoms with Crippen LogP contribution in [0.25, 0.3) is 11.1 Å². The number of halogens is 1. The van der Waals surface area contributed by atoms with E-state index in [9.17, 15) is 14.7 Å². The summed E-state index contributed by atoms with van der Waals surface area (Å²) in [6, 6.07) is 20.2. The molecule has 0 saturated carbocycles. The van der Waals surface area contributed by atoms with Crippen LogP contribution in [0.3, 0.4) is 0 Å². The van der Waals surface area contributed by atoms with Gasteiger partial charge in [-0.05, 0) is 52.4 Å². The molecule has 6 heteroatoms. The predicted molar refractivity (Wildman–Crippen MR) is 117 cm³/mol. The van der Waals surface area contributed by atoms with Crippen molar-refractivity contribution in [2.45, 2.75) is 18.9 Å². The van der Waals surface area contributed by atoms with Crippen LogP contribution in [0.15, 0.2) is 71.2 Å². The van der Waals surface area contributed by atoms with Crippen molar-refractivity contribution in [2.75, 3.05) is 6.61 Å². The van der Waals surface area contributed by atoms with Crippen LogP contribution in [0.2, 0.25) is 0 Å². The molecule has 0 fully saturated rings. The van der Waals surface area contributed by atoms with Crippen molar-refractivity contribution in [1.82, 2.24) is 5.32 Å². The number of nitrogens with one attached hydrogen (secondary N) is 1. The summed E-state index contributed by atoms with van der Waals surface area (Å²) < 4.78 is 6.23. The van der Waals surface area contributed by atoms with Crippen LogP contribution in [0.4, 0.5) is 4.79 Å². The highest BCUT2D eigenvalue weighted by Gasteiger charge is 2.30. The molecule has 0 spiro atoms. The second-order valence-electron chi connectivity index (χ2n) is 7.30. The summed E-state index contributed by atoms with van der Waals surface area (Å²) in [5, 5.41) is 12.1. The van der Waals surface area contributed by atoms with Crippen molar-refractivity contribution in [2.24, 2.45) is 0 Å². The lowest BCUT2D eigenvalue weighted by Crippen LogP contribution is -2.34. The molecule has 0 aliphatic heterocycles. The number of rotatable bonds is 5. The Bertz CT molecular complexity index is 1060.